The Labute approximate surface area is 166 Å². The summed E-state index contributed by atoms with van der Waals surface area (Å²) in [5.74, 6) is -1.55. The first kappa shape index (κ1) is 19.9. The molecule has 146 valence electrons. The van der Waals surface area contributed by atoms with Crippen molar-refractivity contribution in [3.05, 3.63) is 70.3 Å². The predicted octanol–water partition coefficient (Wildman–Crippen LogP) is 3.95. The number of benzene rings is 2. The SMILES string of the molecule is CCOc1nc(Cl)c(CN)n1Cc1ccc(-c2ccccc2C(=O)O)cc1F. The zero-order valence-corrected chi connectivity index (χ0v) is 15.9. The Kier molecular flexibility index (Phi) is 5.96. The van der Waals surface area contributed by atoms with Crippen LogP contribution in [0.15, 0.2) is 42.5 Å². The third kappa shape index (κ3) is 3.85. The lowest BCUT2D eigenvalue weighted by Gasteiger charge is -2.13. The number of imidazole rings is 1. The minimum absolute atomic E-state index is 0.111. The van der Waals surface area contributed by atoms with E-state index in [0.717, 1.165) is 0 Å². The van der Waals surface area contributed by atoms with Crippen molar-refractivity contribution < 1.29 is 19.0 Å². The van der Waals surface area contributed by atoms with Crippen molar-refractivity contribution in [2.45, 2.75) is 20.0 Å². The van der Waals surface area contributed by atoms with Gasteiger partial charge in [-0.1, -0.05) is 41.9 Å². The van der Waals surface area contributed by atoms with E-state index in [0.29, 0.717) is 29.0 Å². The van der Waals surface area contributed by atoms with Gasteiger partial charge in [0, 0.05) is 12.1 Å². The molecular formula is C20H19ClFN3O3. The monoisotopic (exact) mass is 403 g/mol. The van der Waals surface area contributed by atoms with Gasteiger partial charge in [0.1, 0.15) is 5.82 Å². The quantitative estimate of drug-likeness (QED) is 0.623. The second-order valence-corrected chi connectivity index (χ2v) is 6.37. The van der Waals surface area contributed by atoms with Crippen molar-refractivity contribution in [1.82, 2.24) is 9.55 Å². The Bertz CT molecular complexity index is 1020. The third-order valence-electron chi connectivity index (χ3n) is 4.31. The number of aromatic nitrogens is 2. The van der Waals surface area contributed by atoms with E-state index in [4.69, 9.17) is 22.1 Å². The minimum Gasteiger partial charge on any atom is -0.478 e. The maximum atomic E-state index is 14.8. The standard InChI is InChI=1S/C20H19ClFN3O3/c1-2-28-20-24-18(21)17(10-23)25(20)11-13-8-7-12(9-16(13)22)14-5-3-4-6-15(14)19(26)27/h3-9H,2,10-11,23H2,1H3,(H,26,27). The first-order valence-electron chi connectivity index (χ1n) is 8.65. The van der Waals surface area contributed by atoms with E-state index in [-0.39, 0.29) is 29.8 Å². The summed E-state index contributed by atoms with van der Waals surface area (Å²) >= 11 is 6.10. The van der Waals surface area contributed by atoms with Gasteiger partial charge in [0.2, 0.25) is 0 Å². The number of carboxylic acid groups (broad SMARTS) is 1. The molecule has 0 fully saturated rings. The van der Waals surface area contributed by atoms with Crippen molar-refractivity contribution in [2.75, 3.05) is 6.61 Å². The molecule has 0 bridgehead atoms. The zero-order chi connectivity index (χ0) is 20.3. The second kappa shape index (κ2) is 8.41. The maximum absolute atomic E-state index is 14.8. The predicted molar refractivity (Wildman–Crippen MR) is 104 cm³/mol. The van der Waals surface area contributed by atoms with E-state index < -0.39 is 11.8 Å². The van der Waals surface area contributed by atoms with E-state index >= 15 is 0 Å². The number of carboxylic acids is 1. The average molecular weight is 404 g/mol. The molecule has 28 heavy (non-hydrogen) atoms. The molecule has 0 aliphatic heterocycles. The number of aromatic carboxylic acids is 1. The molecule has 0 amide bonds. The largest absolute Gasteiger partial charge is 0.478 e. The maximum Gasteiger partial charge on any atom is 0.336 e. The molecule has 0 saturated carbocycles. The first-order valence-corrected chi connectivity index (χ1v) is 9.02. The van der Waals surface area contributed by atoms with Gasteiger partial charge in [-0.2, -0.15) is 4.98 Å². The normalized spacial score (nSPS) is 10.9. The molecule has 0 aliphatic carbocycles. The van der Waals surface area contributed by atoms with E-state index in [1.165, 1.54) is 12.1 Å². The fraction of sp³-hybridized carbons (Fsp3) is 0.200. The van der Waals surface area contributed by atoms with E-state index in [2.05, 4.69) is 4.98 Å². The Hall–Kier alpha value is -2.90. The van der Waals surface area contributed by atoms with E-state index in [9.17, 15) is 14.3 Å². The summed E-state index contributed by atoms with van der Waals surface area (Å²) in [4.78, 5) is 15.5. The highest BCUT2D eigenvalue weighted by Gasteiger charge is 2.18. The van der Waals surface area contributed by atoms with Gasteiger partial charge in [0.05, 0.1) is 24.4 Å². The fourth-order valence-electron chi connectivity index (χ4n) is 2.97. The van der Waals surface area contributed by atoms with Crippen molar-refractivity contribution in [1.29, 1.82) is 0 Å². The molecule has 6 nitrogen and oxygen atoms in total. The lowest BCUT2D eigenvalue weighted by molar-refractivity contribution is 0.0697. The van der Waals surface area contributed by atoms with Gasteiger partial charge < -0.3 is 15.6 Å². The van der Waals surface area contributed by atoms with Gasteiger partial charge in [-0.15, -0.1) is 0 Å². The van der Waals surface area contributed by atoms with Gasteiger partial charge in [0.15, 0.2) is 5.15 Å². The molecule has 3 rings (SSSR count). The number of ether oxygens (including phenoxy) is 1. The molecule has 0 atom stereocenters. The third-order valence-corrected chi connectivity index (χ3v) is 4.61. The number of carbonyl (C=O) groups is 1. The molecular weight excluding hydrogens is 385 g/mol. The first-order chi connectivity index (χ1) is 13.5. The lowest BCUT2D eigenvalue weighted by atomic mass is 9.98. The summed E-state index contributed by atoms with van der Waals surface area (Å²) in [6.07, 6.45) is 0. The number of hydrogen-bond donors (Lipinski definition) is 2. The van der Waals surface area contributed by atoms with Crippen LogP contribution in [0.5, 0.6) is 6.01 Å². The van der Waals surface area contributed by atoms with Crippen molar-refractivity contribution in [2.24, 2.45) is 5.73 Å². The van der Waals surface area contributed by atoms with Crippen LogP contribution in [-0.4, -0.2) is 27.2 Å². The highest BCUT2D eigenvalue weighted by Crippen LogP contribution is 2.28. The van der Waals surface area contributed by atoms with Crippen LogP contribution < -0.4 is 10.5 Å². The highest BCUT2D eigenvalue weighted by atomic mass is 35.5. The summed E-state index contributed by atoms with van der Waals surface area (Å²) in [6.45, 7) is 2.45. The van der Waals surface area contributed by atoms with Gasteiger partial charge in [-0.25, -0.2) is 9.18 Å². The molecule has 0 radical (unpaired) electrons. The number of rotatable bonds is 7. The van der Waals surface area contributed by atoms with Crippen LogP contribution in [0.4, 0.5) is 4.39 Å². The summed E-state index contributed by atoms with van der Waals surface area (Å²) in [5.41, 5.74) is 7.71. The van der Waals surface area contributed by atoms with Crippen LogP contribution >= 0.6 is 11.6 Å². The van der Waals surface area contributed by atoms with Crippen molar-refractivity contribution in [3.8, 4) is 17.1 Å². The van der Waals surface area contributed by atoms with Crippen LogP contribution in [0.1, 0.15) is 28.5 Å². The van der Waals surface area contributed by atoms with Crippen LogP contribution in [0, 0.1) is 5.82 Å². The molecule has 8 heteroatoms. The molecule has 2 aromatic carbocycles. The number of nitrogens with zero attached hydrogens (tertiary/aromatic N) is 2. The number of hydrogen-bond acceptors (Lipinski definition) is 4. The van der Waals surface area contributed by atoms with Crippen molar-refractivity contribution >= 4 is 17.6 Å². The van der Waals surface area contributed by atoms with Crippen LogP contribution in [0.3, 0.4) is 0 Å². The van der Waals surface area contributed by atoms with Gasteiger partial charge in [-0.05, 0) is 30.2 Å². The summed E-state index contributed by atoms with van der Waals surface area (Å²) in [6, 6.07) is 11.3. The molecule has 0 saturated heterocycles. The van der Waals surface area contributed by atoms with Crippen LogP contribution in [-0.2, 0) is 13.1 Å². The Balaban J connectivity index is 1.98. The molecule has 0 unspecified atom stereocenters. The lowest BCUT2D eigenvalue weighted by Crippen LogP contribution is -2.12. The van der Waals surface area contributed by atoms with Crippen LogP contribution in [0.2, 0.25) is 5.15 Å². The highest BCUT2D eigenvalue weighted by molar-refractivity contribution is 6.30. The Morgan fingerprint density at radius 2 is 2.07 bits per heavy atom. The Morgan fingerprint density at radius 1 is 1.32 bits per heavy atom. The molecule has 0 aliphatic rings. The molecule has 3 N–H and O–H groups in total. The molecule has 1 heterocycles. The van der Waals surface area contributed by atoms with Gasteiger partial charge in [0.25, 0.3) is 6.01 Å². The van der Waals surface area contributed by atoms with E-state index in [1.54, 1.807) is 34.9 Å². The van der Waals surface area contributed by atoms with E-state index in [1.807, 2.05) is 6.92 Å². The average Bonchev–Trinajstić information content (AvgIpc) is 2.97. The Morgan fingerprint density at radius 3 is 2.71 bits per heavy atom. The number of halogens is 2. The molecule has 3 aromatic rings. The number of nitrogens with two attached hydrogens (primary N) is 1. The second-order valence-electron chi connectivity index (χ2n) is 6.01. The topological polar surface area (TPSA) is 90.4 Å². The minimum atomic E-state index is -1.07. The smallest absolute Gasteiger partial charge is 0.336 e. The zero-order valence-electron chi connectivity index (χ0n) is 15.2. The van der Waals surface area contributed by atoms with Gasteiger partial charge in [-0.3, -0.25) is 4.57 Å². The van der Waals surface area contributed by atoms with Gasteiger partial charge >= 0.3 is 5.97 Å². The van der Waals surface area contributed by atoms with Crippen LogP contribution in [0.25, 0.3) is 11.1 Å². The molecule has 0 spiro atoms. The summed E-state index contributed by atoms with van der Waals surface area (Å²) in [5, 5.41) is 9.57. The molecule has 1 aromatic heterocycles. The summed E-state index contributed by atoms with van der Waals surface area (Å²) in [7, 11) is 0. The summed E-state index contributed by atoms with van der Waals surface area (Å²) < 4.78 is 21.9. The van der Waals surface area contributed by atoms with Crippen molar-refractivity contribution in [3.63, 3.8) is 0 Å². The fourth-order valence-corrected chi connectivity index (χ4v) is 3.22.